The predicted octanol–water partition coefficient (Wildman–Crippen LogP) is 3.29. The van der Waals surface area contributed by atoms with E-state index in [1.807, 2.05) is 6.20 Å². The maximum absolute atomic E-state index is 6.41. The first-order valence-corrected chi connectivity index (χ1v) is 8.28. The third-order valence-electron chi connectivity index (χ3n) is 4.74. The average molecular weight is 322 g/mol. The van der Waals surface area contributed by atoms with E-state index in [9.17, 15) is 0 Å². The first kappa shape index (κ1) is 16.4. The predicted molar refractivity (Wildman–Crippen MR) is 102 cm³/mol. The lowest BCUT2D eigenvalue weighted by molar-refractivity contribution is 0.635. The van der Waals surface area contributed by atoms with Crippen molar-refractivity contribution >= 4 is 11.4 Å². The van der Waals surface area contributed by atoms with E-state index >= 15 is 0 Å². The van der Waals surface area contributed by atoms with Crippen LogP contribution >= 0.6 is 0 Å². The van der Waals surface area contributed by atoms with Crippen molar-refractivity contribution in [3.05, 3.63) is 70.5 Å². The van der Waals surface area contributed by atoms with Crippen molar-refractivity contribution in [3.63, 3.8) is 0 Å². The molecule has 0 saturated heterocycles. The molecule has 126 valence electrons. The summed E-state index contributed by atoms with van der Waals surface area (Å²) in [5.41, 5.74) is 20.6. The largest absolute Gasteiger partial charge is 0.398 e. The van der Waals surface area contributed by atoms with Crippen LogP contribution in [0, 0.1) is 27.7 Å². The summed E-state index contributed by atoms with van der Waals surface area (Å²) in [5.74, 6) is 0. The molecule has 1 aliphatic rings. The second-order valence-corrected chi connectivity index (χ2v) is 6.64. The van der Waals surface area contributed by atoms with Gasteiger partial charge in [0.25, 0.3) is 0 Å². The lowest BCUT2D eigenvalue weighted by atomic mass is 10.0. The first-order chi connectivity index (χ1) is 11.4. The molecule has 0 aliphatic carbocycles. The van der Waals surface area contributed by atoms with Gasteiger partial charge in [0.05, 0.1) is 12.4 Å². The summed E-state index contributed by atoms with van der Waals surface area (Å²) in [6.45, 7) is 9.17. The molecule has 1 unspecified atom stereocenters. The number of para-hydroxylation sites is 2. The standard InChI is InChI=1S/C20H26N4/c1-13-7-5-8-14(2)18(13)23-11-17(21)20(22)24(12-23)19-15(3)9-6-10-16(19)4/h5-11,20H,12,21-22H2,1-4H3. The molecule has 0 bridgehead atoms. The number of nitrogens with zero attached hydrogens (tertiary/aromatic N) is 2. The normalized spacial score (nSPS) is 17.9. The summed E-state index contributed by atoms with van der Waals surface area (Å²) < 4.78 is 0. The van der Waals surface area contributed by atoms with Crippen molar-refractivity contribution in [2.24, 2.45) is 11.5 Å². The van der Waals surface area contributed by atoms with Crippen molar-refractivity contribution in [2.75, 3.05) is 16.5 Å². The molecule has 1 heterocycles. The van der Waals surface area contributed by atoms with Crippen molar-refractivity contribution < 1.29 is 0 Å². The van der Waals surface area contributed by atoms with Gasteiger partial charge in [0.15, 0.2) is 0 Å². The zero-order valence-corrected chi connectivity index (χ0v) is 14.9. The Hall–Kier alpha value is -2.46. The van der Waals surface area contributed by atoms with E-state index in [-0.39, 0.29) is 6.17 Å². The summed E-state index contributed by atoms with van der Waals surface area (Å²) in [7, 11) is 0. The molecule has 0 amide bonds. The Labute approximate surface area is 144 Å². The zero-order valence-electron chi connectivity index (χ0n) is 14.9. The van der Waals surface area contributed by atoms with Gasteiger partial charge in [0.1, 0.15) is 6.17 Å². The van der Waals surface area contributed by atoms with Crippen LogP contribution in [0.4, 0.5) is 11.4 Å². The first-order valence-electron chi connectivity index (χ1n) is 8.28. The van der Waals surface area contributed by atoms with Crippen molar-refractivity contribution in [2.45, 2.75) is 33.9 Å². The molecule has 4 nitrogen and oxygen atoms in total. The fraction of sp³-hybridized carbons (Fsp3) is 0.300. The number of benzene rings is 2. The summed E-state index contributed by atoms with van der Waals surface area (Å²) >= 11 is 0. The van der Waals surface area contributed by atoms with Crippen LogP contribution in [0.5, 0.6) is 0 Å². The fourth-order valence-electron chi connectivity index (χ4n) is 3.59. The van der Waals surface area contributed by atoms with Gasteiger partial charge in [0.2, 0.25) is 0 Å². The lowest BCUT2D eigenvalue weighted by Gasteiger charge is -2.42. The van der Waals surface area contributed by atoms with Gasteiger partial charge < -0.3 is 21.3 Å². The molecule has 2 aromatic carbocycles. The monoisotopic (exact) mass is 322 g/mol. The highest BCUT2D eigenvalue weighted by atomic mass is 15.4. The van der Waals surface area contributed by atoms with E-state index in [2.05, 4.69) is 73.9 Å². The quantitative estimate of drug-likeness (QED) is 0.891. The second kappa shape index (κ2) is 6.21. The van der Waals surface area contributed by atoms with Gasteiger partial charge in [-0.15, -0.1) is 0 Å². The number of hydrogen-bond acceptors (Lipinski definition) is 4. The number of hydrogen-bond donors (Lipinski definition) is 2. The van der Waals surface area contributed by atoms with Crippen LogP contribution < -0.4 is 21.3 Å². The molecule has 2 aromatic rings. The SMILES string of the molecule is Cc1cccc(C)c1N1C=C(N)C(N)N(c2c(C)cccc2C)C1. The highest BCUT2D eigenvalue weighted by molar-refractivity contribution is 5.67. The van der Waals surface area contributed by atoms with E-state index in [1.54, 1.807) is 0 Å². The van der Waals surface area contributed by atoms with Crippen LogP contribution in [-0.4, -0.2) is 12.8 Å². The van der Waals surface area contributed by atoms with Crippen molar-refractivity contribution in [3.8, 4) is 0 Å². The smallest absolute Gasteiger partial charge is 0.121 e. The lowest BCUT2D eigenvalue weighted by Crippen LogP contribution is -2.54. The van der Waals surface area contributed by atoms with Gasteiger partial charge in [-0.05, 0) is 49.9 Å². The molecule has 0 radical (unpaired) electrons. The number of anilines is 2. The van der Waals surface area contributed by atoms with Crippen LogP contribution in [0.3, 0.4) is 0 Å². The molecular weight excluding hydrogens is 296 g/mol. The average Bonchev–Trinajstić information content (AvgIpc) is 2.51. The molecule has 0 fully saturated rings. The Kier molecular flexibility index (Phi) is 4.24. The van der Waals surface area contributed by atoms with Crippen LogP contribution in [-0.2, 0) is 0 Å². The Morgan fingerprint density at radius 3 is 1.79 bits per heavy atom. The molecule has 0 saturated carbocycles. The number of aryl methyl sites for hydroxylation is 4. The molecule has 4 heteroatoms. The minimum absolute atomic E-state index is 0.314. The Morgan fingerprint density at radius 1 is 0.833 bits per heavy atom. The van der Waals surface area contributed by atoms with Crippen molar-refractivity contribution in [1.29, 1.82) is 0 Å². The fourth-order valence-corrected chi connectivity index (χ4v) is 3.59. The van der Waals surface area contributed by atoms with Crippen molar-refractivity contribution in [1.82, 2.24) is 0 Å². The minimum Gasteiger partial charge on any atom is -0.398 e. The molecular formula is C20H26N4. The van der Waals surface area contributed by atoms with Gasteiger partial charge in [-0.2, -0.15) is 0 Å². The van der Waals surface area contributed by atoms with Gasteiger partial charge in [0, 0.05) is 17.6 Å². The topological polar surface area (TPSA) is 58.5 Å². The van der Waals surface area contributed by atoms with Crippen LogP contribution in [0.15, 0.2) is 48.3 Å². The minimum atomic E-state index is -0.314. The summed E-state index contributed by atoms with van der Waals surface area (Å²) in [4.78, 5) is 4.39. The highest BCUT2D eigenvalue weighted by Crippen LogP contribution is 2.32. The Balaban J connectivity index is 2.08. The molecule has 4 N–H and O–H groups in total. The van der Waals surface area contributed by atoms with E-state index < -0.39 is 0 Å². The summed E-state index contributed by atoms with van der Waals surface area (Å²) in [5, 5.41) is 0. The molecule has 1 atom stereocenters. The van der Waals surface area contributed by atoms with E-state index in [4.69, 9.17) is 11.5 Å². The second-order valence-electron chi connectivity index (χ2n) is 6.64. The molecule has 24 heavy (non-hydrogen) atoms. The van der Waals surface area contributed by atoms with Gasteiger partial charge >= 0.3 is 0 Å². The molecule has 1 aliphatic heterocycles. The summed E-state index contributed by atoms with van der Waals surface area (Å²) in [6, 6.07) is 12.7. The van der Waals surface area contributed by atoms with E-state index in [1.165, 1.54) is 27.9 Å². The van der Waals surface area contributed by atoms with Crippen LogP contribution in [0.25, 0.3) is 0 Å². The van der Waals surface area contributed by atoms with Crippen LogP contribution in [0.2, 0.25) is 0 Å². The number of rotatable bonds is 2. The maximum atomic E-state index is 6.41. The van der Waals surface area contributed by atoms with E-state index in [0.29, 0.717) is 12.4 Å². The zero-order chi connectivity index (χ0) is 17.4. The highest BCUT2D eigenvalue weighted by Gasteiger charge is 2.28. The third-order valence-corrected chi connectivity index (χ3v) is 4.74. The molecule has 3 rings (SSSR count). The van der Waals surface area contributed by atoms with Gasteiger partial charge in [-0.25, -0.2) is 0 Å². The maximum Gasteiger partial charge on any atom is 0.121 e. The molecule has 0 aromatic heterocycles. The Morgan fingerprint density at radius 2 is 1.29 bits per heavy atom. The summed E-state index contributed by atoms with van der Waals surface area (Å²) in [6.07, 6.45) is 1.66. The molecule has 0 spiro atoms. The van der Waals surface area contributed by atoms with E-state index in [0.717, 1.165) is 5.69 Å². The van der Waals surface area contributed by atoms with Crippen LogP contribution in [0.1, 0.15) is 22.3 Å². The van der Waals surface area contributed by atoms with Gasteiger partial charge in [-0.1, -0.05) is 36.4 Å². The Bertz CT molecular complexity index is 754. The third kappa shape index (κ3) is 2.74. The number of nitrogens with two attached hydrogens (primary N) is 2. The van der Waals surface area contributed by atoms with Gasteiger partial charge in [-0.3, -0.25) is 0 Å².